The van der Waals surface area contributed by atoms with Crippen LogP contribution in [0.15, 0.2) is 41.6 Å². The quantitative estimate of drug-likeness (QED) is 0.467. The van der Waals surface area contributed by atoms with Gasteiger partial charge in [0.15, 0.2) is 0 Å². The van der Waals surface area contributed by atoms with E-state index in [2.05, 4.69) is 10.6 Å². The highest BCUT2D eigenvalue weighted by molar-refractivity contribution is 5.95. The second kappa shape index (κ2) is 11.2. The molecule has 2 heterocycles. The van der Waals surface area contributed by atoms with Crippen molar-refractivity contribution in [2.24, 2.45) is 5.92 Å². The average molecular weight is 488 g/mol. The number of carbonyl (C=O) groups excluding carboxylic acids is 4. The van der Waals surface area contributed by atoms with E-state index in [4.69, 9.17) is 14.2 Å². The summed E-state index contributed by atoms with van der Waals surface area (Å²) in [5, 5.41) is 5.32. The maximum atomic E-state index is 12.9. The molecule has 190 valence electrons. The Morgan fingerprint density at radius 1 is 1.11 bits per heavy atom. The number of esters is 2. The number of ether oxygens (including phenoxy) is 3. The topological polar surface area (TPSA) is 123 Å². The van der Waals surface area contributed by atoms with Gasteiger partial charge in [-0.1, -0.05) is 30.3 Å². The number of rotatable bonds is 6. The molecule has 1 aromatic carbocycles. The van der Waals surface area contributed by atoms with Crippen molar-refractivity contribution in [3.63, 3.8) is 0 Å². The maximum absolute atomic E-state index is 12.9. The van der Waals surface area contributed by atoms with E-state index in [1.807, 2.05) is 6.07 Å². The maximum Gasteiger partial charge on any atom is 0.410 e. The molecule has 3 amide bonds. The number of hydrogen-bond donors (Lipinski definition) is 2. The van der Waals surface area contributed by atoms with Gasteiger partial charge in [-0.3, -0.25) is 4.79 Å². The standard InChI is InChI=1S/C25H33N3O7/c1-5-33-22(30)19-18(26-23(31)27-20(19)16-10-7-6-8-11-16)15-34-21(29)17-12-9-13-28(14-17)24(32)35-25(2,3)4/h6-8,10-11,17,20H,5,9,12-15H2,1-4H3,(H2,26,27,31). The molecule has 2 N–H and O–H groups in total. The highest BCUT2D eigenvalue weighted by atomic mass is 16.6. The lowest BCUT2D eigenvalue weighted by Gasteiger charge is -2.33. The molecule has 0 aliphatic carbocycles. The number of nitrogens with one attached hydrogen (secondary N) is 2. The van der Waals surface area contributed by atoms with Crippen LogP contribution in [0.3, 0.4) is 0 Å². The van der Waals surface area contributed by atoms with E-state index < -0.39 is 41.6 Å². The molecule has 0 radical (unpaired) electrons. The minimum absolute atomic E-state index is 0.146. The molecule has 2 unspecified atom stereocenters. The molecule has 2 aliphatic rings. The first kappa shape index (κ1) is 26.1. The molecule has 2 aliphatic heterocycles. The molecule has 3 rings (SSSR count). The van der Waals surface area contributed by atoms with Crippen molar-refractivity contribution >= 4 is 24.1 Å². The first-order valence-electron chi connectivity index (χ1n) is 11.8. The average Bonchev–Trinajstić information content (AvgIpc) is 2.81. The van der Waals surface area contributed by atoms with Gasteiger partial charge in [0.05, 0.1) is 29.8 Å². The molecular weight excluding hydrogens is 454 g/mol. The third-order valence-corrected chi connectivity index (χ3v) is 5.55. The number of carbonyl (C=O) groups is 4. The van der Waals surface area contributed by atoms with Crippen molar-refractivity contribution in [1.29, 1.82) is 0 Å². The van der Waals surface area contributed by atoms with Crippen molar-refractivity contribution in [2.45, 2.75) is 52.2 Å². The van der Waals surface area contributed by atoms with Crippen LogP contribution in [0, 0.1) is 5.92 Å². The summed E-state index contributed by atoms with van der Waals surface area (Å²) in [5.74, 6) is -1.67. The zero-order chi connectivity index (χ0) is 25.6. The molecule has 0 bridgehead atoms. The van der Waals surface area contributed by atoms with Crippen LogP contribution in [0.5, 0.6) is 0 Å². The summed E-state index contributed by atoms with van der Waals surface area (Å²) >= 11 is 0. The molecule has 0 saturated carbocycles. The fourth-order valence-corrected chi connectivity index (χ4v) is 4.00. The van der Waals surface area contributed by atoms with Crippen molar-refractivity contribution in [2.75, 3.05) is 26.3 Å². The predicted octanol–water partition coefficient (Wildman–Crippen LogP) is 3.05. The van der Waals surface area contributed by atoms with Crippen molar-refractivity contribution < 1.29 is 33.4 Å². The molecule has 1 saturated heterocycles. The lowest BCUT2D eigenvalue weighted by Crippen LogP contribution is -2.47. The zero-order valence-corrected chi connectivity index (χ0v) is 20.6. The van der Waals surface area contributed by atoms with E-state index in [1.165, 1.54) is 4.90 Å². The van der Waals surface area contributed by atoms with Crippen LogP contribution in [0.1, 0.15) is 52.1 Å². The normalized spacial score (nSPS) is 20.5. The number of likely N-dealkylation sites (tertiary alicyclic amines) is 1. The molecule has 10 nitrogen and oxygen atoms in total. The minimum atomic E-state index is -0.755. The Hall–Kier alpha value is -3.56. The Morgan fingerprint density at radius 2 is 1.83 bits per heavy atom. The van der Waals surface area contributed by atoms with E-state index in [1.54, 1.807) is 52.0 Å². The Morgan fingerprint density at radius 3 is 2.49 bits per heavy atom. The summed E-state index contributed by atoms with van der Waals surface area (Å²) in [4.78, 5) is 51.9. The van der Waals surface area contributed by atoms with Gasteiger partial charge in [-0.25, -0.2) is 14.4 Å². The molecular formula is C25H33N3O7. The van der Waals surface area contributed by atoms with Gasteiger partial charge in [0.25, 0.3) is 0 Å². The number of piperidine rings is 1. The first-order chi connectivity index (χ1) is 16.6. The van der Waals surface area contributed by atoms with E-state index in [0.717, 1.165) is 0 Å². The third kappa shape index (κ3) is 6.97. The first-order valence-corrected chi connectivity index (χ1v) is 11.8. The fourth-order valence-electron chi connectivity index (χ4n) is 4.00. The molecule has 35 heavy (non-hydrogen) atoms. The van der Waals surface area contributed by atoms with Gasteiger partial charge in [-0.05, 0) is 46.1 Å². The summed E-state index contributed by atoms with van der Waals surface area (Å²) in [6.45, 7) is 7.54. The van der Waals surface area contributed by atoms with Crippen molar-refractivity contribution in [1.82, 2.24) is 15.5 Å². The number of benzene rings is 1. The van der Waals surface area contributed by atoms with Gasteiger partial charge in [-0.15, -0.1) is 0 Å². The third-order valence-electron chi connectivity index (χ3n) is 5.55. The Labute approximate surface area is 205 Å². The summed E-state index contributed by atoms with van der Waals surface area (Å²) in [6.07, 6.45) is 0.716. The monoisotopic (exact) mass is 487 g/mol. The summed E-state index contributed by atoms with van der Waals surface area (Å²) in [6, 6.07) is 7.71. The summed E-state index contributed by atoms with van der Waals surface area (Å²) in [7, 11) is 0. The summed E-state index contributed by atoms with van der Waals surface area (Å²) in [5.41, 5.74) is 0.386. The molecule has 1 aromatic rings. The van der Waals surface area contributed by atoms with Gasteiger partial charge < -0.3 is 29.7 Å². The van der Waals surface area contributed by atoms with Crippen LogP contribution in [0.4, 0.5) is 9.59 Å². The molecule has 1 fully saturated rings. The Bertz CT molecular complexity index is 985. The second-order valence-corrected chi connectivity index (χ2v) is 9.43. The van der Waals surface area contributed by atoms with Crippen LogP contribution in [-0.4, -0.2) is 60.9 Å². The zero-order valence-electron chi connectivity index (χ0n) is 20.6. The molecule has 10 heteroatoms. The van der Waals surface area contributed by atoms with Crippen molar-refractivity contribution in [3.05, 3.63) is 47.2 Å². The highest BCUT2D eigenvalue weighted by Gasteiger charge is 2.36. The van der Waals surface area contributed by atoms with Crippen molar-refractivity contribution in [3.8, 4) is 0 Å². The SMILES string of the molecule is CCOC(=O)C1=C(COC(=O)C2CCCN(C(=O)OC(C)(C)C)C2)NC(=O)NC1c1ccccc1. The second-order valence-electron chi connectivity index (χ2n) is 9.43. The largest absolute Gasteiger partial charge is 0.463 e. The van der Waals surface area contributed by atoms with E-state index in [9.17, 15) is 19.2 Å². The minimum Gasteiger partial charge on any atom is -0.463 e. The van der Waals surface area contributed by atoms with E-state index >= 15 is 0 Å². The van der Waals surface area contributed by atoms with Gasteiger partial charge in [-0.2, -0.15) is 0 Å². The van der Waals surface area contributed by atoms with E-state index in [0.29, 0.717) is 24.9 Å². The van der Waals surface area contributed by atoms with Crippen LogP contribution < -0.4 is 10.6 Å². The summed E-state index contributed by atoms with van der Waals surface area (Å²) < 4.78 is 16.1. The molecule has 0 spiro atoms. The predicted molar refractivity (Wildman–Crippen MR) is 126 cm³/mol. The fraction of sp³-hybridized carbons (Fsp3) is 0.520. The lowest BCUT2D eigenvalue weighted by molar-refractivity contribution is -0.149. The molecule has 0 aromatic heterocycles. The van der Waals surface area contributed by atoms with Gasteiger partial charge in [0.1, 0.15) is 12.2 Å². The number of hydrogen-bond acceptors (Lipinski definition) is 7. The Kier molecular flexibility index (Phi) is 8.37. The number of amides is 3. The van der Waals surface area contributed by atoms with Crippen LogP contribution in [0.2, 0.25) is 0 Å². The van der Waals surface area contributed by atoms with Crippen LogP contribution in [-0.2, 0) is 23.8 Å². The van der Waals surface area contributed by atoms with Crippen LogP contribution >= 0.6 is 0 Å². The molecule has 2 atom stereocenters. The van der Waals surface area contributed by atoms with E-state index in [-0.39, 0.29) is 31.0 Å². The van der Waals surface area contributed by atoms with Crippen LogP contribution in [0.25, 0.3) is 0 Å². The van der Waals surface area contributed by atoms with Gasteiger partial charge in [0.2, 0.25) is 0 Å². The highest BCUT2D eigenvalue weighted by Crippen LogP contribution is 2.28. The van der Waals surface area contributed by atoms with Gasteiger partial charge >= 0.3 is 24.1 Å². The Balaban J connectivity index is 1.75. The number of urea groups is 1. The smallest absolute Gasteiger partial charge is 0.410 e. The lowest BCUT2D eigenvalue weighted by atomic mass is 9.95. The number of nitrogens with zero attached hydrogens (tertiary/aromatic N) is 1. The van der Waals surface area contributed by atoms with Gasteiger partial charge in [0, 0.05) is 13.1 Å².